The van der Waals surface area contributed by atoms with Crippen molar-refractivity contribution in [3.8, 4) is 0 Å². The lowest BCUT2D eigenvalue weighted by molar-refractivity contribution is -0.691. The molecule has 2 fully saturated rings. The fourth-order valence-electron chi connectivity index (χ4n) is 2.18. The molecule has 88 valence electrons. The van der Waals surface area contributed by atoms with Crippen molar-refractivity contribution < 1.29 is 14.8 Å². The molecule has 1 saturated carbocycles. The Labute approximate surface area is 93.7 Å². The number of amides is 1. The Morgan fingerprint density at radius 1 is 1.31 bits per heavy atom. The molecule has 0 aromatic carbocycles. The van der Waals surface area contributed by atoms with Gasteiger partial charge >= 0.3 is 11.6 Å². The molecule has 0 bridgehead atoms. The Balaban J connectivity index is 2.41. The molecule has 1 atom stereocenters. The number of aliphatic hydroxyl groups excluding tert-OH is 1. The van der Waals surface area contributed by atoms with Crippen LogP contribution >= 0.6 is 0 Å². The second-order valence-corrected chi connectivity index (χ2v) is 4.27. The van der Waals surface area contributed by atoms with Crippen LogP contribution in [0.1, 0.15) is 25.7 Å². The number of likely N-dealkylation sites (N-methyl/N-ethyl adjacent to an activating group) is 1. The van der Waals surface area contributed by atoms with Crippen LogP contribution in [0, 0.1) is 4.91 Å². The quantitative estimate of drug-likeness (QED) is 0.473. The predicted molar refractivity (Wildman–Crippen MR) is 55.7 cm³/mol. The molecular formula is C10H16N3O3+. The summed E-state index contributed by atoms with van der Waals surface area (Å²) in [5.41, 5.74) is 1.10. The minimum Gasteiger partial charge on any atom is -0.352 e. The molecule has 1 heterocycles. The van der Waals surface area contributed by atoms with E-state index in [9.17, 15) is 14.8 Å². The SMILES string of the molecule is CN1C(=O)C(=C2CCCC2)[N+](=O)N(C)C1O. The van der Waals surface area contributed by atoms with Gasteiger partial charge < -0.3 is 5.11 Å². The Bertz CT molecular complexity index is 346. The summed E-state index contributed by atoms with van der Waals surface area (Å²) in [4.78, 5) is 25.5. The second-order valence-electron chi connectivity index (χ2n) is 4.27. The van der Waals surface area contributed by atoms with Gasteiger partial charge in [0.15, 0.2) is 4.87 Å². The molecule has 1 aliphatic heterocycles. The molecule has 1 aliphatic carbocycles. The largest absolute Gasteiger partial charge is 0.355 e. The zero-order valence-electron chi connectivity index (χ0n) is 9.51. The van der Waals surface area contributed by atoms with Crippen LogP contribution in [0.3, 0.4) is 0 Å². The highest BCUT2D eigenvalue weighted by Crippen LogP contribution is 2.30. The van der Waals surface area contributed by atoms with Crippen molar-refractivity contribution in [2.24, 2.45) is 0 Å². The molecule has 6 nitrogen and oxygen atoms in total. The van der Waals surface area contributed by atoms with E-state index in [4.69, 9.17) is 0 Å². The molecular weight excluding hydrogens is 210 g/mol. The summed E-state index contributed by atoms with van der Waals surface area (Å²) in [5, 5.41) is 10.7. The van der Waals surface area contributed by atoms with E-state index in [1.165, 1.54) is 19.0 Å². The molecule has 0 radical (unpaired) electrons. The summed E-state index contributed by atoms with van der Waals surface area (Å²) < 4.78 is 0. The highest BCUT2D eigenvalue weighted by molar-refractivity contribution is 5.92. The van der Waals surface area contributed by atoms with Gasteiger partial charge in [0.25, 0.3) is 6.35 Å². The minimum absolute atomic E-state index is 0.188. The first-order valence-electron chi connectivity index (χ1n) is 5.41. The highest BCUT2D eigenvalue weighted by atomic mass is 16.4. The van der Waals surface area contributed by atoms with E-state index < -0.39 is 12.3 Å². The zero-order chi connectivity index (χ0) is 11.9. The average molecular weight is 226 g/mol. The van der Waals surface area contributed by atoms with Gasteiger partial charge in [-0.15, -0.1) is 0 Å². The van der Waals surface area contributed by atoms with E-state index in [-0.39, 0.29) is 5.70 Å². The third-order valence-electron chi connectivity index (χ3n) is 3.22. The topological polar surface area (TPSA) is 63.9 Å². The van der Waals surface area contributed by atoms with E-state index in [0.717, 1.165) is 36.3 Å². The van der Waals surface area contributed by atoms with Crippen LogP contribution in [0.5, 0.6) is 0 Å². The van der Waals surface area contributed by atoms with Crippen LogP contribution in [0.4, 0.5) is 0 Å². The second kappa shape index (κ2) is 3.86. The van der Waals surface area contributed by atoms with E-state index in [0.29, 0.717) is 4.87 Å². The number of aliphatic hydroxyl groups is 1. The van der Waals surface area contributed by atoms with Gasteiger partial charge in [0.2, 0.25) is 0 Å². The van der Waals surface area contributed by atoms with E-state index >= 15 is 0 Å². The van der Waals surface area contributed by atoms with Crippen LogP contribution in [-0.4, -0.2) is 46.2 Å². The Hall–Kier alpha value is -1.43. The first-order valence-corrected chi connectivity index (χ1v) is 5.41. The Morgan fingerprint density at radius 3 is 2.44 bits per heavy atom. The van der Waals surface area contributed by atoms with Crippen molar-refractivity contribution in [3.63, 3.8) is 0 Å². The normalized spacial score (nSPS) is 27.1. The van der Waals surface area contributed by atoms with Gasteiger partial charge in [-0.25, -0.2) is 0 Å². The third kappa shape index (κ3) is 1.49. The summed E-state index contributed by atoms with van der Waals surface area (Å²) in [6, 6.07) is 0. The van der Waals surface area contributed by atoms with Crippen LogP contribution < -0.4 is 0 Å². The Morgan fingerprint density at radius 2 is 1.88 bits per heavy atom. The standard InChI is InChI=1S/C10H16N3O3/c1-11-9(14)8(7-5-3-4-6-7)13(16)12(2)10(11)15/h10,15H,3-6H2,1-2H3/q+1. The van der Waals surface area contributed by atoms with Gasteiger partial charge in [-0.05, 0) is 25.7 Å². The maximum Gasteiger partial charge on any atom is 0.355 e. The molecule has 1 N–H and O–H groups in total. The fraction of sp³-hybridized carbons (Fsp3) is 0.700. The number of rotatable bonds is 0. The monoisotopic (exact) mass is 226 g/mol. The molecule has 2 aliphatic rings. The van der Waals surface area contributed by atoms with Crippen LogP contribution in [0.25, 0.3) is 0 Å². The summed E-state index contributed by atoms with van der Waals surface area (Å²) in [6.07, 6.45) is 2.47. The lowest BCUT2D eigenvalue weighted by atomic mass is 10.1. The van der Waals surface area contributed by atoms with Crippen molar-refractivity contribution in [1.82, 2.24) is 9.91 Å². The molecule has 16 heavy (non-hydrogen) atoms. The number of hydrazine groups is 1. The van der Waals surface area contributed by atoms with Crippen LogP contribution in [0.15, 0.2) is 11.3 Å². The van der Waals surface area contributed by atoms with Crippen molar-refractivity contribution in [3.05, 3.63) is 16.2 Å². The van der Waals surface area contributed by atoms with Crippen LogP contribution in [0.2, 0.25) is 0 Å². The maximum atomic E-state index is 11.9. The molecule has 0 spiro atoms. The van der Waals surface area contributed by atoms with Gasteiger partial charge in [0, 0.05) is 12.6 Å². The van der Waals surface area contributed by atoms with Crippen molar-refractivity contribution in [2.45, 2.75) is 32.0 Å². The third-order valence-corrected chi connectivity index (χ3v) is 3.22. The van der Waals surface area contributed by atoms with Gasteiger partial charge in [-0.2, -0.15) is 0 Å². The number of allylic oxidation sites excluding steroid dienone is 1. The first kappa shape index (κ1) is 11.1. The summed E-state index contributed by atoms with van der Waals surface area (Å²) in [6.45, 7) is 0. The van der Waals surface area contributed by atoms with Gasteiger partial charge in [0.1, 0.15) is 0 Å². The van der Waals surface area contributed by atoms with Gasteiger partial charge in [-0.1, -0.05) is 5.01 Å². The molecule has 2 rings (SSSR count). The lowest BCUT2D eigenvalue weighted by Gasteiger charge is -2.30. The number of carbonyl (C=O) groups excluding carboxylic acids is 1. The summed E-state index contributed by atoms with van der Waals surface area (Å²) in [7, 11) is 2.96. The van der Waals surface area contributed by atoms with Crippen molar-refractivity contribution in [2.75, 3.05) is 14.1 Å². The molecule has 0 aromatic rings. The number of carbonyl (C=O) groups is 1. The number of nitrogens with zero attached hydrogens (tertiary/aromatic N) is 3. The number of nitroso groups, excluding NO2 is 1. The van der Waals surface area contributed by atoms with Crippen LogP contribution in [-0.2, 0) is 4.79 Å². The predicted octanol–water partition coefficient (Wildman–Crippen LogP) is 0.188. The first-order chi connectivity index (χ1) is 7.54. The van der Waals surface area contributed by atoms with Crippen molar-refractivity contribution in [1.29, 1.82) is 0 Å². The van der Waals surface area contributed by atoms with E-state index in [1.54, 1.807) is 0 Å². The summed E-state index contributed by atoms with van der Waals surface area (Å²) >= 11 is 0. The molecule has 0 aromatic heterocycles. The van der Waals surface area contributed by atoms with E-state index in [2.05, 4.69) is 0 Å². The fourth-order valence-corrected chi connectivity index (χ4v) is 2.18. The lowest BCUT2D eigenvalue weighted by Crippen LogP contribution is -2.57. The molecule has 6 heteroatoms. The Kier molecular flexibility index (Phi) is 2.67. The summed E-state index contributed by atoms with van der Waals surface area (Å²) in [5.74, 6) is -0.391. The number of hydrogen-bond donors (Lipinski definition) is 1. The smallest absolute Gasteiger partial charge is 0.352 e. The van der Waals surface area contributed by atoms with E-state index in [1.807, 2.05) is 0 Å². The van der Waals surface area contributed by atoms with Gasteiger partial charge in [0.05, 0.1) is 12.0 Å². The highest BCUT2D eigenvalue weighted by Gasteiger charge is 2.47. The maximum absolute atomic E-state index is 11.9. The molecule has 1 unspecified atom stereocenters. The number of hydrogen-bond acceptors (Lipinski definition) is 3. The van der Waals surface area contributed by atoms with Gasteiger partial charge in [-0.3, -0.25) is 9.69 Å². The van der Waals surface area contributed by atoms with Crippen molar-refractivity contribution >= 4 is 5.91 Å². The average Bonchev–Trinajstić information content (AvgIpc) is 2.77. The minimum atomic E-state index is -1.18. The zero-order valence-corrected chi connectivity index (χ0v) is 9.51. The molecule has 1 amide bonds. The molecule has 1 saturated heterocycles.